The summed E-state index contributed by atoms with van der Waals surface area (Å²) in [6.07, 6.45) is 0.481. The molecule has 0 aromatic heterocycles. The molecule has 6 nitrogen and oxygen atoms in total. The minimum Gasteiger partial charge on any atom is -0.491 e. The second-order valence-electron chi connectivity index (χ2n) is 5.57. The van der Waals surface area contributed by atoms with E-state index in [9.17, 15) is 13.2 Å². The summed E-state index contributed by atoms with van der Waals surface area (Å²) in [5.74, 6) is 1.01. The molecule has 1 heterocycles. The Morgan fingerprint density at radius 2 is 2.00 bits per heavy atom. The molecule has 1 aromatic rings. The van der Waals surface area contributed by atoms with Crippen LogP contribution in [0.4, 0.5) is 4.79 Å². The van der Waals surface area contributed by atoms with Crippen LogP contribution in [0.25, 0.3) is 0 Å². The van der Waals surface area contributed by atoms with Gasteiger partial charge in [-0.2, -0.15) is 0 Å². The van der Waals surface area contributed by atoms with E-state index in [-0.39, 0.29) is 23.6 Å². The largest absolute Gasteiger partial charge is 0.491 e. The van der Waals surface area contributed by atoms with Crippen LogP contribution in [-0.4, -0.2) is 45.1 Å². The van der Waals surface area contributed by atoms with Crippen LogP contribution in [-0.2, 0) is 9.84 Å². The highest BCUT2D eigenvalue weighted by atomic mass is 32.2. The highest BCUT2D eigenvalue weighted by Crippen LogP contribution is 2.21. The first kappa shape index (κ1) is 16.6. The molecule has 0 radical (unpaired) electrons. The SMILES string of the molecule is Cc1cccc(C)c1OCCNC(=O)N[C@H]1CCS(=O)(=O)C1. The maximum absolute atomic E-state index is 11.7. The van der Waals surface area contributed by atoms with Gasteiger partial charge in [0.25, 0.3) is 0 Å². The average Bonchev–Trinajstić information content (AvgIpc) is 2.76. The van der Waals surface area contributed by atoms with Gasteiger partial charge < -0.3 is 15.4 Å². The lowest BCUT2D eigenvalue weighted by atomic mass is 10.1. The zero-order chi connectivity index (χ0) is 16.2. The lowest BCUT2D eigenvalue weighted by Crippen LogP contribution is -2.43. The van der Waals surface area contributed by atoms with Gasteiger partial charge in [0, 0.05) is 6.04 Å². The zero-order valence-corrected chi connectivity index (χ0v) is 13.7. The number of hydrogen-bond donors (Lipinski definition) is 2. The molecule has 0 aliphatic carbocycles. The molecule has 2 N–H and O–H groups in total. The first-order chi connectivity index (χ1) is 10.4. The summed E-state index contributed by atoms with van der Waals surface area (Å²) in [4.78, 5) is 11.7. The maximum atomic E-state index is 11.7. The van der Waals surface area contributed by atoms with E-state index in [1.165, 1.54) is 0 Å². The molecule has 0 spiro atoms. The number of urea groups is 1. The van der Waals surface area contributed by atoms with Crippen molar-refractivity contribution in [2.45, 2.75) is 26.3 Å². The van der Waals surface area contributed by atoms with E-state index >= 15 is 0 Å². The second kappa shape index (κ2) is 7.00. The Morgan fingerprint density at radius 1 is 1.32 bits per heavy atom. The van der Waals surface area contributed by atoms with Crippen molar-refractivity contribution in [2.24, 2.45) is 0 Å². The van der Waals surface area contributed by atoms with Gasteiger partial charge in [-0.15, -0.1) is 0 Å². The van der Waals surface area contributed by atoms with E-state index in [0.717, 1.165) is 16.9 Å². The molecule has 1 saturated heterocycles. The number of rotatable bonds is 5. The number of carbonyl (C=O) groups is 1. The third-order valence-electron chi connectivity index (χ3n) is 3.61. The zero-order valence-electron chi connectivity index (χ0n) is 12.9. The quantitative estimate of drug-likeness (QED) is 0.796. The molecular formula is C15H22N2O4S. The second-order valence-corrected chi connectivity index (χ2v) is 7.80. The minimum atomic E-state index is -2.98. The molecule has 0 saturated carbocycles. The molecule has 1 aliphatic rings. The Labute approximate surface area is 131 Å². The molecule has 2 rings (SSSR count). The average molecular weight is 326 g/mol. The molecule has 1 aliphatic heterocycles. The molecule has 0 bridgehead atoms. The van der Waals surface area contributed by atoms with E-state index < -0.39 is 9.84 Å². The minimum absolute atomic E-state index is 0.0271. The predicted octanol–water partition coefficient (Wildman–Crippen LogP) is 1.17. The lowest BCUT2D eigenvalue weighted by Gasteiger charge is -2.14. The van der Waals surface area contributed by atoms with Gasteiger partial charge in [-0.3, -0.25) is 0 Å². The van der Waals surface area contributed by atoms with Crippen LogP contribution in [0.3, 0.4) is 0 Å². The highest BCUT2D eigenvalue weighted by Gasteiger charge is 2.28. The van der Waals surface area contributed by atoms with E-state index in [1.54, 1.807) is 0 Å². The van der Waals surface area contributed by atoms with Crippen molar-refractivity contribution in [1.82, 2.24) is 10.6 Å². The van der Waals surface area contributed by atoms with Crippen LogP contribution in [0, 0.1) is 13.8 Å². The predicted molar refractivity (Wildman–Crippen MR) is 85.0 cm³/mol. The molecule has 0 unspecified atom stereocenters. The fourth-order valence-corrected chi connectivity index (χ4v) is 4.16. The van der Waals surface area contributed by atoms with Gasteiger partial charge in [0.2, 0.25) is 0 Å². The van der Waals surface area contributed by atoms with Gasteiger partial charge in [-0.25, -0.2) is 13.2 Å². The molecule has 1 atom stereocenters. The van der Waals surface area contributed by atoms with E-state index in [1.807, 2.05) is 32.0 Å². The smallest absolute Gasteiger partial charge is 0.315 e. The number of sulfone groups is 1. The fourth-order valence-electron chi connectivity index (χ4n) is 2.49. The van der Waals surface area contributed by atoms with Gasteiger partial charge in [0.15, 0.2) is 9.84 Å². The van der Waals surface area contributed by atoms with Crippen molar-refractivity contribution in [1.29, 1.82) is 0 Å². The number of para-hydroxylation sites is 1. The summed E-state index contributed by atoms with van der Waals surface area (Å²) < 4.78 is 28.3. The summed E-state index contributed by atoms with van der Waals surface area (Å²) >= 11 is 0. The Hall–Kier alpha value is -1.76. The van der Waals surface area contributed by atoms with Gasteiger partial charge in [0.1, 0.15) is 12.4 Å². The van der Waals surface area contributed by atoms with Gasteiger partial charge in [-0.05, 0) is 31.4 Å². The summed E-state index contributed by atoms with van der Waals surface area (Å²) in [5, 5.41) is 5.35. The Morgan fingerprint density at radius 3 is 2.59 bits per heavy atom. The highest BCUT2D eigenvalue weighted by molar-refractivity contribution is 7.91. The normalized spacial score (nSPS) is 19.6. The van der Waals surface area contributed by atoms with Crippen molar-refractivity contribution in [2.75, 3.05) is 24.7 Å². The topological polar surface area (TPSA) is 84.5 Å². The number of ether oxygens (including phenoxy) is 1. The number of carbonyl (C=O) groups excluding carboxylic acids is 1. The van der Waals surface area contributed by atoms with Crippen LogP contribution in [0.15, 0.2) is 18.2 Å². The van der Waals surface area contributed by atoms with Crippen molar-refractivity contribution in [3.63, 3.8) is 0 Å². The summed E-state index contributed by atoms with van der Waals surface area (Å²) in [5.41, 5.74) is 2.11. The van der Waals surface area contributed by atoms with Crippen molar-refractivity contribution >= 4 is 15.9 Å². The third-order valence-corrected chi connectivity index (χ3v) is 5.38. The Balaban J connectivity index is 1.69. The molecule has 2 amide bonds. The third kappa shape index (κ3) is 4.62. The first-order valence-electron chi connectivity index (χ1n) is 7.31. The van der Waals surface area contributed by atoms with Crippen LogP contribution >= 0.6 is 0 Å². The number of aryl methyl sites for hydroxylation is 2. The summed E-state index contributed by atoms with van der Waals surface area (Å²) in [6, 6.07) is 5.28. The molecule has 122 valence electrons. The van der Waals surface area contributed by atoms with Crippen LogP contribution in [0.1, 0.15) is 17.5 Å². The number of hydrogen-bond acceptors (Lipinski definition) is 4. The molecular weight excluding hydrogens is 304 g/mol. The van der Waals surface area contributed by atoms with Crippen molar-refractivity contribution in [3.05, 3.63) is 29.3 Å². The summed E-state index contributed by atoms with van der Waals surface area (Å²) in [6.45, 7) is 4.67. The molecule has 7 heteroatoms. The lowest BCUT2D eigenvalue weighted by molar-refractivity contribution is 0.233. The van der Waals surface area contributed by atoms with E-state index in [2.05, 4.69) is 10.6 Å². The molecule has 1 fully saturated rings. The van der Waals surface area contributed by atoms with Crippen LogP contribution in [0.2, 0.25) is 0 Å². The van der Waals surface area contributed by atoms with Gasteiger partial charge in [-0.1, -0.05) is 18.2 Å². The molecule has 22 heavy (non-hydrogen) atoms. The van der Waals surface area contributed by atoms with Crippen LogP contribution < -0.4 is 15.4 Å². The standard InChI is InChI=1S/C15H22N2O4S/c1-11-4-3-5-12(2)14(11)21-8-7-16-15(18)17-13-6-9-22(19,20)10-13/h3-5,13H,6-10H2,1-2H3,(H2,16,17,18)/t13-/m0/s1. The Bertz CT molecular complexity index is 623. The molecule has 1 aromatic carbocycles. The Kier molecular flexibility index (Phi) is 5.28. The number of amides is 2. The first-order valence-corrected chi connectivity index (χ1v) is 9.13. The maximum Gasteiger partial charge on any atom is 0.315 e. The van der Waals surface area contributed by atoms with E-state index in [4.69, 9.17) is 4.74 Å². The van der Waals surface area contributed by atoms with Crippen molar-refractivity contribution in [3.8, 4) is 5.75 Å². The number of nitrogens with one attached hydrogen (secondary N) is 2. The fraction of sp³-hybridized carbons (Fsp3) is 0.533. The monoisotopic (exact) mass is 326 g/mol. The summed E-state index contributed by atoms with van der Waals surface area (Å²) in [7, 11) is -2.98. The van der Waals surface area contributed by atoms with Crippen molar-refractivity contribution < 1.29 is 17.9 Å². The van der Waals surface area contributed by atoms with Gasteiger partial charge in [0.05, 0.1) is 18.1 Å². The van der Waals surface area contributed by atoms with Gasteiger partial charge >= 0.3 is 6.03 Å². The number of benzene rings is 1. The van der Waals surface area contributed by atoms with Crippen LogP contribution in [0.5, 0.6) is 5.75 Å². The van der Waals surface area contributed by atoms with E-state index in [0.29, 0.717) is 19.6 Å².